The van der Waals surface area contributed by atoms with Crippen LogP contribution in [0.15, 0.2) is 42.7 Å². The third-order valence-electron chi connectivity index (χ3n) is 3.18. The molecular weight excluding hydrogens is 253 g/mol. The molecule has 96 valence electrons. The van der Waals surface area contributed by atoms with Crippen LogP contribution in [0, 0.1) is 19.3 Å². The number of hydrogen-bond acceptors (Lipinski definition) is 2. The standard InChI is InChI=1S/C16H10FN3/c1-10-7-11(3-6-14(10)17)16-13-5-4-12(18-2)8-15(13)19-9-20-16/h3-9H,1H3. The second kappa shape index (κ2) is 4.71. The third-order valence-corrected chi connectivity index (χ3v) is 3.18. The molecule has 3 aromatic rings. The molecule has 1 heterocycles. The SMILES string of the molecule is [C-]#[N+]c1ccc2c(-c3ccc(F)c(C)c3)ncnc2c1. The lowest BCUT2D eigenvalue weighted by Gasteiger charge is -2.07. The van der Waals surface area contributed by atoms with Gasteiger partial charge in [-0.3, -0.25) is 0 Å². The van der Waals surface area contributed by atoms with Gasteiger partial charge in [-0.1, -0.05) is 12.1 Å². The number of benzene rings is 2. The molecule has 3 rings (SSSR count). The molecule has 0 N–H and O–H groups in total. The van der Waals surface area contributed by atoms with E-state index in [9.17, 15) is 4.39 Å². The van der Waals surface area contributed by atoms with Crippen molar-refractivity contribution in [1.29, 1.82) is 0 Å². The average molecular weight is 263 g/mol. The first-order valence-corrected chi connectivity index (χ1v) is 6.08. The summed E-state index contributed by atoms with van der Waals surface area (Å²) in [7, 11) is 0. The van der Waals surface area contributed by atoms with Crippen molar-refractivity contribution in [3.05, 3.63) is 65.5 Å². The van der Waals surface area contributed by atoms with Crippen molar-refractivity contribution in [3.8, 4) is 11.3 Å². The van der Waals surface area contributed by atoms with E-state index < -0.39 is 0 Å². The number of aryl methyl sites for hydroxylation is 1. The second-order valence-electron chi connectivity index (χ2n) is 4.50. The van der Waals surface area contributed by atoms with Gasteiger partial charge in [-0.25, -0.2) is 19.2 Å². The van der Waals surface area contributed by atoms with Crippen LogP contribution in [0.25, 0.3) is 27.0 Å². The molecule has 0 saturated heterocycles. The Morgan fingerprint density at radius 3 is 2.70 bits per heavy atom. The Hall–Kier alpha value is -2.80. The van der Waals surface area contributed by atoms with Crippen molar-refractivity contribution in [3.63, 3.8) is 0 Å². The average Bonchev–Trinajstić information content (AvgIpc) is 2.49. The van der Waals surface area contributed by atoms with Crippen LogP contribution < -0.4 is 0 Å². The van der Waals surface area contributed by atoms with Crippen LogP contribution in [0.5, 0.6) is 0 Å². The molecule has 0 saturated carbocycles. The van der Waals surface area contributed by atoms with Gasteiger partial charge in [0.1, 0.15) is 12.1 Å². The van der Waals surface area contributed by atoms with E-state index in [1.54, 1.807) is 31.2 Å². The summed E-state index contributed by atoms with van der Waals surface area (Å²) in [4.78, 5) is 11.9. The van der Waals surface area contributed by atoms with Gasteiger partial charge in [0.2, 0.25) is 0 Å². The Balaban J connectivity index is 2.26. The van der Waals surface area contributed by atoms with Crippen LogP contribution in [-0.2, 0) is 0 Å². The molecule has 0 fully saturated rings. The molecule has 4 heteroatoms. The van der Waals surface area contributed by atoms with Gasteiger partial charge in [-0.05, 0) is 36.8 Å². The summed E-state index contributed by atoms with van der Waals surface area (Å²) in [6, 6.07) is 10.2. The fourth-order valence-electron chi connectivity index (χ4n) is 2.14. The quantitative estimate of drug-likeness (QED) is 0.613. The van der Waals surface area contributed by atoms with E-state index in [1.807, 2.05) is 6.07 Å². The van der Waals surface area contributed by atoms with Crippen LogP contribution >= 0.6 is 0 Å². The fraction of sp³-hybridized carbons (Fsp3) is 0.0625. The van der Waals surface area contributed by atoms with Crippen molar-refractivity contribution >= 4 is 16.6 Å². The monoisotopic (exact) mass is 263 g/mol. The molecule has 0 unspecified atom stereocenters. The summed E-state index contributed by atoms with van der Waals surface area (Å²) in [6.07, 6.45) is 1.46. The molecule has 0 spiro atoms. The largest absolute Gasteiger partial charge is 0.238 e. The maximum absolute atomic E-state index is 13.4. The Bertz CT molecular complexity index is 850. The maximum atomic E-state index is 13.4. The van der Waals surface area contributed by atoms with E-state index in [1.165, 1.54) is 12.4 Å². The van der Waals surface area contributed by atoms with Crippen LogP contribution in [0.4, 0.5) is 10.1 Å². The first-order chi connectivity index (χ1) is 9.69. The molecule has 2 aromatic carbocycles. The zero-order chi connectivity index (χ0) is 14.1. The number of rotatable bonds is 1. The Labute approximate surface area is 115 Å². The highest BCUT2D eigenvalue weighted by atomic mass is 19.1. The van der Waals surface area contributed by atoms with E-state index in [4.69, 9.17) is 6.57 Å². The van der Waals surface area contributed by atoms with Gasteiger partial charge in [0.25, 0.3) is 0 Å². The molecule has 0 radical (unpaired) electrons. The maximum Gasteiger partial charge on any atom is 0.189 e. The van der Waals surface area contributed by atoms with E-state index in [2.05, 4.69) is 14.8 Å². The number of fused-ring (bicyclic) bond motifs is 1. The van der Waals surface area contributed by atoms with Crippen molar-refractivity contribution in [1.82, 2.24) is 9.97 Å². The Morgan fingerprint density at radius 2 is 1.95 bits per heavy atom. The lowest BCUT2D eigenvalue weighted by molar-refractivity contribution is 0.619. The normalized spacial score (nSPS) is 10.4. The highest BCUT2D eigenvalue weighted by molar-refractivity contribution is 5.93. The molecule has 0 aliphatic rings. The number of hydrogen-bond donors (Lipinski definition) is 0. The molecule has 1 aromatic heterocycles. The zero-order valence-corrected chi connectivity index (χ0v) is 10.8. The lowest BCUT2D eigenvalue weighted by atomic mass is 10.0. The minimum atomic E-state index is -0.234. The highest BCUT2D eigenvalue weighted by Gasteiger charge is 2.08. The van der Waals surface area contributed by atoms with Gasteiger partial charge < -0.3 is 0 Å². The summed E-state index contributed by atoms with van der Waals surface area (Å²) in [5, 5.41) is 0.853. The molecule has 3 nitrogen and oxygen atoms in total. The van der Waals surface area contributed by atoms with Crippen LogP contribution in [0.3, 0.4) is 0 Å². The first kappa shape index (κ1) is 12.2. The van der Waals surface area contributed by atoms with Gasteiger partial charge in [-0.2, -0.15) is 0 Å². The second-order valence-corrected chi connectivity index (χ2v) is 4.50. The predicted octanol–water partition coefficient (Wildman–Crippen LogP) is 4.30. The minimum Gasteiger partial charge on any atom is -0.238 e. The molecule has 0 aliphatic heterocycles. The zero-order valence-electron chi connectivity index (χ0n) is 10.8. The summed E-state index contributed by atoms with van der Waals surface area (Å²) < 4.78 is 13.4. The summed E-state index contributed by atoms with van der Waals surface area (Å²) >= 11 is 0. The highest BCUT2D eigenvalue weighted by Crippen LogP contribution is 2.28. The van der Waals surface area contributed by atoms with Crippen molar-refractivity contribution < 1.29 is 4.39 Å². The fourth-order valence-corrected chi connectivity index (χ4v) is 2.14. The lowest BCUT2D eigenvalue weighted by Crippen LogP contribution is -1.90. The Kier molecular flexibility index (Phi) is 2.88. The van der Waals surface area contributed by atoms with Crippen molar-refractivity contribution in [2.75, 3.05) is 0 Å². The number of aromatic nitrogens is 2. The number of halogens is 1. The summed E-state index contributed by atoms with van der Waals surface area (Å²) in [5.74, 6) is -0.234. The first-order valence-electron chi connectivity index (χ1n) is 6.08. The van der Waals surface area contributed by atoms with E-state index in [0.717, 1.165) is 16.6 Å². The topological polar surface area (TPSA) is 30.1 Å². The van der Waals surface area contributed by atoms with Gasteiger partial charge in [0, 0.05) is 10.9 Å². The minimum absolute atomic E-state index is 0.234. The molecule has 20 heavy (non-hydrogen) atoms. The third kappa shape index (κ3) is 1.99. The number of nitrogens with zero attached hydrogens (tertiary/aromatic N) is 3. The van der Waals surface area contributed by atoms with Crippen molar-refractivity contribution in [2.45, 2.75) is 6.92 Å². The van der Waals surface area contributed by atoms with E-state index >= 15 is 0 Å². The Morgan fingerprint density at radius 1 is 1.10 bits per heavy atom. The van der Waals surface area contributed by atoms with Crippen molar-refractivity contribution in [2.24, 2.45) is 0 Å². The van der Waals surface area contributed by atoms with Gasteiger partial charge >= 0.3 is 0 Å². The van der Waals surface area contributed by atoms with E-state index in [0.29, 0.717) is 16.8 Å². The van der Waals surface area contributed by atoms with Crippen LogP contribution in [0.2, 0.25) is 0 Å². The smallest absolute Gasteiger partial charge is 0.189 e. The molecule has 0 atom stereocenters. The summed E-state index contributed by atoms with van der Waals surface area (Å²) in [5.41, 5.74) is 3.41. The van der Waals surface area contributed by atoms with Gasteiger partial charge in [0.05, 0.1) is 17.8 Å². The molecule has 0 amide bonds. The van der Waals surface area contributed by atoms with Crippen LogP contribution in [0.1, 0.15) is 5.56 Å². The van der Waals surface area contributed by atoms with E-state index in [-0.39, 0.29) is 5.82 Å². The van der Waals surface area contributed by atoms with Crippen LogP contribution in [-0.4, -0.2) is 9.97 Å². The van der Waals surface area contributed by atoms with Gasteiger partial charge in [-0.15, -0.1) is 0 Å². The molecular formula is C16H10FN3. The molecule has 0 aliphatic carbocycles. The predicted molar refractivity (Wildman–Crippen MR) is 75.9 cm³/mol. The van der Waals surface area contributed by atoms with Gasteiger partial charge in [0.15, 0.2) is 5.69 Å². The molecule has 0 bridgehead atoms. The summed E-state index contributed by atoms with van der Waals surface area (Å²) in [6.45, 7) is 8.75.